The van der Waals surface area contributed by atoms with E-state index in [1.807, 2.05) is 34.9 Å². The van der Waals surface area contributed by atoms with E-state index in [0.717, 1.165) is 17.2 Å². The van der Waals surface area contributed by atoms with Gasteiger partial charge in [0.2, 0.25) is 0 Å². The fraction of sp³-hybridized carbons (Fsp3) is 0.188. The van der Waals surface area contributed by atoms with Gasteiger partial charge in [-0.3, -0.25) is 9.39 Å². The van der Waals surface area contributed by atoms with Crippen molar-refractivity contribution in [3.8, 4) is 5.75 Å². The molecule has 0 saturated heterocycles. The van der Waals surface area contributed by atoms with Gasteiger partial charge in [-0.2, -0.15) is 0 Å². The third-order valence-electron chi connectivity index (χ3n) is 3.43. The Bertz CT molecular complexity index is 876. The molecule has 0 fully saturated rings. The standard InChI is InChI=1S/C16H17ClN6O/c1-24-13-6-5-11(10-12(13)17)20-16(18)19-8-7-15-22-21-14-4-2-3-9-23(14)15/h2-6,9-10H,7-8H2,1H3,(H3,18,19,20). The zero-order valence-electron chi connectivity index (χ0n) is 13.1. The van der Waals surface area contributed by atoms with Crippen molar-refractivity contribution in [3.05, 3.63) is 53.4 Å². The summed E-state index contributed by atoms with van der Waals surface area (Å²) >= 11 is 6.08. The Morgan fingerprint density at radius 2 is 2.21 bits per heavy atom. The molecular weight excluding hydrogens is 328 g/mol. The maximum atomic E-state index is 6.08. The second kappa shape index (κ2) is 7.18. The first-order chi connectivity index (χ1) is 11.7. The SMILES string of the molecule is COc1ccc(NC(N)=NCCc2nnc3ccccn23)cc1Cl. The molecule has 2 aromatic heterocycles. The van der Waals surface area contributed by atoms with E-state index in [1.165, 1.54) is 0 Å². The Kier molecular flexibility index (Phi) is 4.81. The van der Waals surface area contributed by atoms with Crippen molar-refractivity contribution in [2.24, 2.45) is 10.7 Å². The summed E-state index contributed by atoms with van der Waals surface area (Å²) in [5.41, 5.74) is 7.46. The number of anilines is 1. The monoisotopic (exact) mass is 344 g/mol. The molecule has 0 aliphatic carbocycles. The highest BCUT2D eigenvalue weighted by Gasteiger charge is 2.05. The summed E-state index contributed by atoms with van der Waals surface area (Å²) in [7, 11) is 1.57. The minimum atomic E-state index is 0.310. The molecule has 0 aliphatic heterocycles. The number of pyridine rings is 1. The largest absolute Gasteiger partial charge is 0.495 e. The van der Waals surface area contributed by atoms with Crippen LogP contribution in [0.1, 0.15) is 5.82 Å². The van der Waals surface area contributed by atoms with Crippen LogP contribution in [0, 0.1) is 0 Å². The average Bonchev–Trinajstić information content (AvgIpc) is 2.98. The van der Waals surface area contributed by atoms with Gasteiger partial charge in [-0.1, -0.05) is 17.7 Å². The second-order valence-corrected chi connectivity index (χ2v) is 5.44. The van der Waals surface area contributed by atoms with Gasteiger partial charge >= 0.3 is 0 Å². The molecule has 3 aromatic rings. The molecule has 0 amide bonds. The van der Waals surface area contributed by atoms with E-state index in [9.17, 15) is 0 Å². The van der Waals surface area contributed by atoms with E-state index >= 15 is 0 Å². The van der Waals surface area contributed by atoms with Crippen molar-refractivity contribution in [3.63, 3.8) is 0 Å². The number of halogens is 1. The van der Waals surface area contributed by atoms with Crippen molar-refractivity contribution >= 4 is 28.9 Å². The van der Waals surface area contributed by atoms with Crippen LogP contribution in [0.2, 0.25) is 5.02 Å². The van der Waals surface area contributed by atoms with Crippen LogP contribution in [-0.4, -0.2) is 34.2 Å². The maximum absolute atomic E-state index is 6.08. The molecule has 0 spiro atoms. The predicted octanol–water partition coefficient (Wildman–Crippen LogP) is 2.36. The lowest BCUT2D eigenvalue weighted by Crippen LogP contribution is -2.23. The van der Waals surface area contributed by atoms with E-state index in [2.05, 4.69) is 20.5 Å². The van der Waals surface area contributed by atoms with E-state index in [0.29, 0.717) is 29.7 Å². The summed E-state index contributed by atoms with van der Waals surface area (Å²) < 4.78 is 7.04. The molecule has 0 unspecified atom stereocenters. The summed E-state index contributed by atoms with van der Waals surface area (Å²) in [6, 6.07) is 11.1. The third kappa shape index (κ3) is 3.57. The van der Waals surface area contributed by atoms with Crippen molar-refractivity contribution in [2.75, 3.05) is 19.0 Å². The van der Waals surface area contributed by atoms with Gasteiger partial charge in [-0.15, -0.1) is 10.2 Å². The molecule has 3 rings (SSSR count). The van der Waals surface area contributed by atoms with Gasteiger partial charge in [0.15, 0.2) is 11.6 Å². The van der Waals surface area contributed by atoms with Crippen LogP contribution >= 0.6 is 11.6 Å². The second-order valence-electron chi connectivity index (χ2n) is 5.04. The van der Waals surface area contributed by atoms with Gasteiger partial charge in [0, 0.05) is 24.8 Å². The number of methoxy groups -OCH3 is 1. The minimum Gasteiger partial charge on any atom is -0.495 e. The van der Waals surface area contributed by atoms with Gasteiger partial charge in [0.1, 0.15) is 11.6 Å². The molecule has 0 atom stereocenters. The first kappa shape index (κ1) is 16.1. The molecule has 0 bridgehead atoms. The minimum absolute atomic E-state index is 0.310. The highest BCUT2D eigenvalue weighted by molar-refractivity contribution is 6.32. The molecule has 0 radical (unpaired) electrons. The fourth-order valence-corrected chi connectivity index (χ4v) is 2.53. The number of aromatic nitrogens is 3. The summed E-state index contributed by atoms with van der Waals surface area (Å²) in [5.74, 6) is 1.76. The lowest BCUT2D eigenvalue weighted by molar-refractivity contribution is 0.415. The van der Waals surface area contributed by atoms with E-state index in [4.69, 9.17) is 22.1 Å². The molecule has 1 aromatic carbocycles. The normalized spacial score (nSPS) is 11.7. The molecule has 24 heavy (non-hydrogen) atoms. The summed E-state index contributed by atoms with van der Waals surface area (Å²) in [6.07, 6.45) is 2.56. The van der Waals surface area contributed by atoms with Crippen LogP contribution in [0.15, 0.2) is 47.6 Å². The fourth-order valence-electron chi connectivity index (χ4n) is 2.27. The third-order valence-corrected chi connectivity index (χ3v) is 3.72. The van der Waals surface area contributed by atoms with Crippen LogP contribution in [0.25, 0.3) is 5.65 Å². The number of guanidine groups is 1. The van der Waals surface area contributed by atoms with Crippen LogP contribution in [0.5, 0.6) is 5.75 Å². The van der Waals surface area contributed by atoms with E-state index in [-0.39, 0.29) is 0 Å². The van der Waals surface area contributed by atoms with Gasteiger partial charge < -0.3 is 15.8 Å². The zero-order valence-corrected chi connectivity index (χ0v) is 13.9. The predicted molar refractivity (Wildman–Crippen MR) is 94.8 cm³/mol. The quantitative estimate of drug-likeness (QED) is 0.548. The van der Waals surface area contributed by atoms with Crippen molar-refractivity contribution < 1.29 is 4.74 Å². The summed E-state index contributed by atoms with van der Waals surface area (Å²) in [5, 5.41) is 11.8. The smallest absolute Gasteiger partial charge is 0.193 e. The molecule has 0 saturated carbocycles. The lowest BCUT2D eigenvalue weighted by atomic mass is 10.3. The van der Waals surface area contributed by atoms with Crippen LogP contribution < -0.4 is 15.8 Å². The Morgan fingerprint density at radius 3 is 3.00 bits per heavy atom. The van der Waals surface area contributed by atoms with Crippen molar-refractivity contribution in [1.29, 1.82) is 0 Å². The van der Waals surface area contributed by atoms with E-state index < -0.39 is 0 Å². The number of rotatable bonds is 5. The number of nitrogens with zero attached hydrogens (tertiary/aromatic N) is 4. The van der Waals surface area contributed by atoms with Crippen LogP contribution in [0.3, 0.4) is 0 Å². The number of nitrogens with one attached hydrogen (secondary N) is 1. The van der Waals surface area contributed by atoms with Gasteiger partial charge in [0.25, 0.3) is 0 Å². The molecule has 8 heteroatoms. The Labute approximate surface area is 144 Å². The van der Waals surface area contributed by atoms with Crippen LogP contribution in [0.4, 0.5) is 5.69 Å². The number of aliphatic imine (C=N–C) groups is 1. The Hall–Kier alpha value is -2.80. The molecular formula is C16H17ClN6O. The van der Waals surface area contributed by atoms with Gasteiger partial charge in [0.05, 0.1) is 12.1 Å². The number of benzene rings is 1. The Balaban J connectivity index is 1.61. The number of ether oxygens (including phenoxy) is 1. The topological polar surface area (TPSA) is 89.8 Å². The molecule has 0 aliphatic rings. The molecule has 7 nitrogen and oxygen atoms in total. The van der Waals surface area contributed by atoms with Gasteiger partial charge in [-0.25, -0.2) is 0 Å². The first-order valence-electron chi connectivity index (χ1n) is 7.36. The Morgan fingerprint density at radius 1 is 1.33 bits per heavy atom. The van der Waals surface area contributed by atoms with Crippen LogP contribution in [-0.2, 0) is 6.42 Å². The van der Waals surface area contributed by atoms with Crippen molar-refractivity contribution in [2.45, 2.75) is 6.42 Å². The van der Waals surface area contributed by atoms with E-state index in [1.54, 1.807) is 19.2 Å². The van der Waals surface area contributed by atoms with Crippen molar-refractivity contribution in [1.82, 2.24) is 14.6 Å². The number of hydrogen-bond acceptors (Lipinski definition) is 4. The van der Waals surface area contributed by atoms with Gasteiger partial charge in [-0.05, 0) is 30.3 Å². The zero-order chi connectivity index (χ0) is 16.9. The lowest BCUT2D eigenvalue weighted by Gasteiger charge is -2.08. The number of nitrogens with two attached hydrogens (primary N) is 1. The number of fused-ring (bicyclic) bond motifs is 1. The number of hydrogen-bond donors (Lipinski definition) is 2. The maximum Gasteiger partial charge on any atom is 0.193 e. The average molecular weight is 345 g/mol. The molecule has 124 valence electrons. The molecule has 3 N–H and O–H groups in total. The summed E-state index contributed by atoms with van der Waals surface area (Å²) in [6.45, 7) is 0.498. The molecule has 2 heterocycles. The first-order valence-corrected chi connectivity index (χ1v) is 7.74. The highest BCUT2D eigenvalue weighted by atomic mass is 35.5. The highest BCUT2D eigenvalue weighted by Crippen LogP contribution is 2.26. The summed E-state index contributed by atoms with van der Waals surface area (Å²) in [4.78, 5) is 4.30.